The molecule has 2 amide bonds. The van der Waals surface area contributed by atoms with Crippen LogP contribution in [0.4, 0.5) is 0 Å². The number of imide groups is 1. The number of carboxylic acid groups (broad SMARTS) is 1. The molecule has 0 radical (unpaired) electrons. The zero-order chi connectivity index (χ0) is 17.3. The van der Waals surface area contributed by atoms with Crippen LogP contribution >= 0.6 is 0 Å². The fourth-order valence-electron chi connectivity index (χ4n) is 3.41. The summed E-state index contributed by atoms with van der Waals surface area (Å²) in [5.74, 6) is -1.46. The highest BCUT2D eigenvalue weighted by Crippen LogP contribution is 2.23. The van der Waals surface area contributed by atoms with Crippen LogP contribution in [0.25, 0.3) is 0 Å². The van der Waals surface area contributed by atoms with Crippen LogP contribution < -0.4 is 0 Å². The number of aliphatic hydroxyl groups excluding tert-OH is 1. The highest BCUT2D eigenvalue weighted by atomic mass is 16.4. The molecule has 2 aliphatic heterocycles. The highest BCUT2D eigenvalue weighted by molar-refractivity contribution is 6.21. The zero-order valence-electron chi connectivity index (χ0n) is 13.2. The number of benzene rings is 1. The van der Waals surface area contributed by atoms with E-state index < -0.39 is 18.1 Å². The third kappa shape index (κ3) is 3.05. The summed E-state index contributed by atoms with van der Waals surface area (Å²) in [5, 5.41) is 18.8. The molecule has 24 heavy (non-hydrogen) atoms. The van der Waals surface area contributed by atoms with Gasteiger partial charge >= 0.3 is 5.97 Å². The predicted molar refractivity (Wildman–Crippen MR) is 84.7 cm³/mol. The first-order valence-corrected chi connectivity index (χ1v) is 8.09. The summed E-state index contributed by atoms with van der Waals surface area (Å²) in [5.41, 5.74) is 0.882. The number of fused-ring (bicyclic) bond motifs is 1. The van der Waals surface area contributed by atoms with Crippen LogP contribution in [0.3, 0.4) is 0 Å². The van der Waals surface area contributed by atoms with E-state index in [0.717, 1.165) is 0 Å². The number of rotatable bonds is 6. The van der Waals surface area contributed by atoms with Gasteiger partial charge in [0.15, 0.2) is 0 Å². The molecule has 2 heterocycles. The molecule has 7 heteroatoms. The number of amides is 2. The second kappa shape index (κ2) is 6.70. The quantitative estimate of drug-likeness (QED) is 0.584. The van der Waals surface area contributed by atoms with Crippen LogP contribution in [-0.4, -0.2) is 69.6 Å². The number of aliphatic carboxylic acids is 1. The summed E-state index contributed by atoms with van der Waals surface area (Å²) < 4.78 is 0. The summed E-state index contributed by atoms with van der Waals surface area (Å²) >= 11 is 0. The lowest BCUT2D eigenvalue weighted by atomic mass is 10.1. The van der Waals surface area contributed by atoms with Gasteiger partial charge in [0.2, 0.25) is 0 Å². The number of β-amino-alcohol motifs (C(OH)–C–C–N with tert-alkyl or cyclic N) is 1. The van der Waals surface area contributed by atoms with Gasteiger partial charge in [-0.2, -0.15) is 0 Å². The van der Waals surface area contributed by atoms with Gasteiger partial charge in [-0.1, -0.05) is 12.1 Å². The average Bonchev–Trinajstić information content (AvgIpc) is 3.05. The molecule has 1 fully saturated rings. The van der Waals surface area contributed by atoms with Gasteiger partial charge in [-0.3, -0.25) is 24.2 Å². The number of aliphatic hydroxyl groups is 1. The van der Waals surface area contributed by atoms with E-state index in [1.165, 1.54) is 4.90 Å². The van der Waals surface area contributed by atoms with E-state index in [9.17, 15) is 19.5 Å². The lowest BCUT2D eigenvalue weighted by molar-refractivity contribution is -0.142. The van der Waals surface area contributed by atoms with Crippen molar-refractivity contribution < 1.29 is 24.6 Å². The summed E-state index contributed by atoms with van der Waals surface area (Å²) in [4.78, 5) is 38.6. The molecule has 0 unspecified atom stereocenters. The molecule has 2 atom stereocenters. The minimum atomic E-state index is -0.924. The maximum Gasteiger partial charge on any atom is 0.321 e. The highest BCUT2D eigenvalue weighted by Gasteiger charge is 2.36. The SMILES string of the molecule is O=C(O)[C@@H]1C[C@H](O)CN1CCCCN1C(=O)c2ccccc2C1=O. The Hall–Kier alpha value is -2.25. The summed E-state index contributed by atoms with van der Waals surface area (Å²) in [6.45, 7) is 1.20. The molecule has 1 saturated heterocycles. The normalized spacial score (nSPS) is 23.8. The Morgan fingerprint density at radius 3 is 2.25 bits per heavy atom. The van der Waals surface area contributed by atoms with E-state index >= 15 is 0 Å². The van der Waals surface area contributed by atoms with E-state index in [1.54, 1.807) is 29.2 Å². The third-order valence-corrected chi connectivity index (χ3v) is 4.62. The fourth-order valence-corrected chi connectivity index (χ4v) is 3.41. The monoisotopic (exact) mass is 332 g/mol. The van der Waals surface area contributed by atoms with Gasteiger partial charge < -0.3 is 10.2 Å². The van der Waals surface area contributed by atoms with E-state index in [2.05, 4.69) is 0 Å². The first-order chi connectivity index (χ1) is 11.5. The van der Waals surface area contributed by atoms with Gasteiger partial charge in [0.1, 0.15) is 6.04 Å². The van der Waals surface area contributed by atoms with Gasteiger partial charge in [-0.25, -0.2) is 0 Å². The van der Waals surface area contributed by atoms with Gasteiger partial charge in [-0.05, 0) is 31.5 Å². The predicted octanol–water partition coefficient (Wildman–Crippen LogP) is 0.583. The number of unbranched alkanes of at least 4 members (excludes halogenated alkanes) is 1. The second-order valence-electron chi connectivity index (χ2n) is 6.25. The molecule has 0 bridgehead atoms. The zero-order valence-corrected chi connectivity index (χ0v) is 13.2. The van der Waals surface area contributed by atoms with E-state index in [4.69, 9.17) is 5.11 Å². The molecule has 0 aliphatic carbocycles. The Bertz CT molecular complexity index is 640. The van der Waals surface area contributed by atoms with Crippen LogP contribution in [-0.2, 0) is 4.79 Å². The van der Waals surface area contributed by atoms with Crippen LogP contribution in [0.5, 0.6) is 0 Å². The standard InChI is InChI=1S/C17H20N2O5/c20-11-9-14(17(23)24)18(10-11)7-3-4-8-19-15(21)12-5-1-2-6-13(12)16(19)22/h1-2,5-6,11,14,20H,3-4,7-10H2,(H,23,24)/t11-,14-/m0/s1. The van der Waals surface area contributed by atoms with E-state index in [0.29, 0.717) is 43.6 Å². The minimum absolute atomic E-state index is 0.244. The van der Waals surface area contributed by atoms with Crippen LogP contribution in [0.2, 0.25) is 0 Å². The first kappa shape index (κ1) is 16.6. The molecule has 0 saturated carbocycles. The molecule has 128 valence electrons. The van der Waals surface area contributed by atoms with Crippen molar-refractivity contribution in [1.82, 2.24) is 9.80 Å². The van der Waals surface area contributed by atoms with Crippen LogP contribution in [0, 0.1) is 0 Å². The Morgan fingerprint density at radius 1 is 1.08 bits per heavy atom. The number of carbonyl (C=O) groups is 3. The number of hydrogen-bond acceptors (Lipinski definition) is 5. The minimum Gasteiger partial charge on any atom is -0.480 e. The Morgan fingerprint density at radius 2 is 1.67 bits per heavy atom. The topological polar surface area (TPSA) is 98.2 Å². The molecule has 0 spiro atoms. The number of nitrogens with zero attached hydrogens (tertiary/aromatic N) is 2. The molecular formula is C17H20N2O5. The van der Waals surface area contributed by atoms with E-state index in [-0.39, 0.29) is 18.2 Å². The van der Waals surface area contributed by atoms with Gasteiger partial charge in [-0.15, -0.1) is 0 Å². The molecule has 2 aliphatic rings. The summed E-state index contributed by atoms with van der Waals surface area (Å²) in [6.07, 6.45) is 0.893. The fraction of sp³-hybridized carbons (Fsp3) is 0.471. The van der Waals surface area contributed by atoms with Crippen molar-refractivity contribution in [1.29, 1.82) is 0 Å². The number of likely N-dealkylation sites (tertiary alicyclic amines) is 1. The third-order valence-electron chi connectivity index (χ3n) is 4.62. The number of carboxylic acids is 1. The van der Waals surface area contributed by atoms with E-state index in [1.807, 2.05) is 0 Å². The van der Waals surface area contributed by atoms with Gasteiger partial charge in [0.25, 0.3) is 11.8 Å². The number of hydrogen-bond donors (Lipinski definition) is 2. The lowest BCUT2D eigenvalue weighted by Gasteiger charge is -2.21. The maximum atomic E-state index is 12.2. The molecule has 7 nitrogen and oxygen atoms in total. The van der Waals surface area contributed by atoms with Crippen molar-refractivity contribution in [3.63, 3.8) is 0 Å². The Balaban J connectivity index is 1.50. The Labute approximate surface area is 139 Å². The molecule has 3 rings (SSSR count). The number of carbonyl (C=O) groups excluding carboxylic acids is 2. The second-order valence-corrected chi connectivity index (χ2v) is 6.25. The molecule has 0 aromatic heterocycles. The smallest absolute Gasteiger partial charge is 0.321 e. The summed E-state index contributed by atoms with van der Waals surface area (Å²) in [6, 6.07) is 6.12. The van der Waals surface area contributed by atoms with Crippen molar-refractivity contribution in [2.75, 3.05) is 19.6 Å². The van der Waals surface area contributed by atoms with Gasteiger partial charge in [0.05, 0.1) is 17.2 Å². The van der Waals surface area contributed by atoms with Crippen molar-refractivity contribution in [2.45, 2.75) is 31.4 Å². The van der Waals surface area contributed by atoms with Crippen LogP contribution in [0.1, 0.15) is 40.0 Å². The summed E-state index contributed by atoms with van der Waals surface area (Å²) in [7, 11) is 0. The van der Waals surface area contributed by atoms with Crippen LogP contribution in [0.15, 0.2) is 24.3 Å². The molecule has 1 aromatic rings. The van der Waals surface area contributed by atoms with Crippen molar-refractivity contribution in [3.8, 4) is 0 Å². The average molecular weight is 332 g/mol. The first-order valence-electron chi connectivity index (χ1n) is 8.09. The van der Waals surface area contributed by atoms with Crippen molar-refractivity contribution in [2.24, 2.45) is 0 Å². The van der Waals surface area contributed by atoms with Crippen molar-refractivity contribution in [3.05, 3.63) is 35.4 Å². The molecular weight excluding hydrogens is 312 g/mol. The Kier molecular flexibility index (Phi) is 4.64. The lowest BCUT2D eigenvalue weighted by Crippen LogP contribution is -2.37. The van der Waals surface area contributed by atoms with Crippen molar-refractivity contribution >= 4 is 17.8 Å². The van der Waals surface area contributed by atoms with Gasteiger partial charge in [0, 0.05) is 19.5 Å². The largest absolute Gasteiger partial charge is 0.480 e. The maximum absolute atomic E-state index is 12.2. The molecule has 2 N–H and O–H groups in total. The molecule has 1 aromatic carbocycles.